The lowest BCUT2D eigenvalue weighted by Gasteiger charge is -2.26. The highest BCUT2D eigenvalue weighted by Crippen LogP contribution is 2.23. The first-order valence-electron chi connectivity index (χ1n) is 9.36. The third-order valence-electron chi connectivity index (χ3n) is 5.04. The van der Waals surface area contributed by atoms with E-state index in [0.717, 1.165) is 17.5 Å². The lowest BCUT2D eigenvalue weighted by molar-refractivity contribution is 0.0938. The maximum absolute atomic E-state index is 12.5. The van der Waals surface area contributed by atoms with Crippen LogP contribution in [0.25, 0.3) is 0 Å². The molecule has 0 fully saturated rings. The summed E-state index contributed by atoms with van der Waals surface area (Å²) >= 11 is 11.9. The van der Waals surface area contributed by atoms with Crippen molar-refractivity contribution in [1.82, 2.24) is 15.5 Å². The van der Waals surface area contributed by atoms with Gasteiger partial charge in [-0.25, -0.2) is 0 Å². The molecule has 2 N–H and O–H groups in total. The van der Waals surface area contributed by atoms with Crippen molar-refractivity contribution in [2.75, 3.05) is 27.7 Å². The Morgan fingerprint density at radius 1 is 0.967 bits per heavy atom. The van der Waals surface area contributed by atoms with Crippen LogP contribution >= 0.6 is 35.6 Å². The van der Waals surface area contributed by atoms with E-state index in [2.05, 4.69) is 15.5 Å². The minimum Gasteiger partial charge on any atom is -0.355 e. The number of rotatable bonds is 7. The predicted octanol–water partition coefficient (Wildman–Crippen LogP) is 4.29. The molecular formula is C22H28Cl3N3O2. The van der Waals surface area contributed by atoms with Gasteiger partial charge >= 0.3 is 0 Å². The van der Waals surface area contributed by atoms with E-state index in [0.29, 0.717) is 27.7 Å². The van der Waals surface area contributed by atoms with Crippen LogP contribution in [0.2, 0.25) is 10.0 Å². The first kappa shape index (κ1) is 26.2. The largest absolute Gasteiger partial charge is 0.355 e. The van der Waals surface area contributed by atoms with Crippen molar-refractivity contribution in [3.63, 3.8) is 0 Å². The van der Waals surface area contributed by atoms with Crippen molar-refractivity contribution in [2.24, 2.45) is 0 Å². The smallest absolute Gasteiger partial charge is 0.251 e. The van der Waals surface area contributed by atoms with E-state index in [9.17, 15) is 9.59 Å². The molecule has 2 aromatic carbocycles. The molecule has 0 aliphatic heterocycles. The van der Waals surface area contributed by atoms with Crippen molar-refractivity contribution in [3.8, 4) is 0 Å². The standard InChI is InChI=1S/C22H27Cl2N3O2.ClH/c1-13-8-16(21(28)25-3)9-14(2)18(13)11-17(27(4)5)12-26-22(29)15-6-7-19(23)20(24)10-15;/h6-10,17H,11-12H2,1-5H3,(H,25,28)(H,26,29);1H/t17-;/m0./s1. The number of nitrogens with one attached hydrogen (secondary N) is 2. The number of halogens is 3. The summed E-state index contributed by atoms with van der Waals surface area (Å²) in [6.45, 7) is 4.49. The zero-order valence-corrected chi connectivity index (χ0v) is 20.1. The summed E-state index contributed by atoms with van der Waals surface area (Å²) in [6.07, 6.45) is 0.750. The zero-order chi connectivity index (χ0) is 21.7. The molecule has 2 amide bonds. The van der Waals surface area contributed by atoms with Gasteiger partial charge < -0.3 is 15.5 Å². The topological polar surface area (TPSA) is 61.4 Å². The van der Waals surface area contributed by atoms with Crippen LogP contribution in [0.15, 0.2) is 30.3 Å². The number of carbonyl (C=O) groups excluding carboxylic acids is 2. The van der Waals surface area contributed by atoms with Crippen molar-refractivity contribution in [1.29, 1.82) is 0 Å². The number of amides is 2. The number of hydrogen-bond donors (Lipinski definition) is 2. The first-order chi connectivity index (χ1) is 13.6. The van der Waals surface area contributed by atoms with E-state index in [1.807, 2.05) is 40.1 Å². The highest BCUT2D eigenvalue weighted by Gasteiger charge is 2.18. The van der Waals surface area contributed by atoms with Gasteiger partial charge in [0.25, 0.3) is 11.8 Å². The molecule has 0 spiro atoms. The average molecular weight is 473 g/mol. The van der Waals surface area contributed by atoms with Gasteiger partial charge in [-0.3, -0.25) is 9.59 Å². The fourth-order valence-electron chi connectivity index (χ4n) is 3.21. The normalized spacial score (nSPS) is 11.6. The molecule has 0 aliphatic carbocycles. The Balaban J connectivity index is 0.00000450. The van der Waals surface area contributed by atoms with Gasteiger partial charge in [0.1, 0.15) is 0 Å². The molecule has 0 aromatic heterocycles. The number of benzene rings is 2. The molecule has 0 saturated carbocycles. The van der Waals surface area contributed by atoms with Crippen LogP contribution < -0.4 is 10.6 Å². The summed E-state index contributed by atoms with van der Waals surface area (Å²) < 4.78 is 0. The Kier molecular flexibility index (Phi) is 10.1. The van der Waals surface area contributed by atoms with Gasteiger partial charge in [-0.05, 0) is 81.4 Å². The van der Waals surface area contributed by atoms with Gasteiger partial charge in [0.2, 0.25) is 0 Å². The number of nitrogens with zero attached hydrogens (tertiary/aromatic N) is 1. The lowest BCUT2D eigenvalue weighted by Crippen LogP contribution is -2.41. The van der Waals surface area contributed by atoms with Crippen LogP contribution in [0.3, 0.4) is 0 Å². The van der Waals surface area contributed by atoms with Gasteiger partial charge in [-0.15, -0.1) is 12.4 Å². The number of hydrogen-bond acceptors (Lipinski definition) is 3. The van der Waals surface area contributed by atoms with E-state index in [4.69, 9.17) is 23.2 Å². The molecule has 0 unspecified atom stereocenters. The maximum atomic E-state index is 12.5. The van der Waals surface area contributed by atoms with Gasteiger partial charge in [-0.2, -0.15) is 0 Å². The maximum Gasteiger partial charge on any atom is 0.251 e. The van der Waals surface area contributed by atoms with Crippen LogP contribution in [0.4, 0.5) is 0 Å². The second-order valence-corrected chi connectivity index (χ2v) is 8.14. The summed E-state index contributed by atoms with van der Waals surface area (Å²) in [5.41, 5.74) is 4.43. The molecule has 0 radical (unpaired) electrons. The molecule has 1 atom stereocenters. The minimum atomic E-state index is -0.196. The third kappa shape index (κ3) is 6.61. The lowest BCUT2D eigenvalue weighted by atomic mass is 9.93. The van der Waals surface area contributed by atoms with E-state index >= 15 is 0 Å². The van der Waals surface area contributed by atoms with E-state index < -0.39 is 0 Å². The summed E-state index contributed by atoms with van der Waals surface area (Å²) in [5.74, 6) is -0.292. The monoisotopic (exact) mass is 471 g/mol. The molecule has 30 heavy (non-hydrogen) atoms. The first-order valence-corrected chi connectivity index (χ1v) is 10.1. The Morgan fingerprint density at radius 2 is 1.57 bits per heavy atom. The fourth-order valence-corrected chi connectivity index (χ4v) is 3.51. The number of likely N-dealkylation sites (N-methyl/N-ethyl adjacent to an activating group) is 1. The van der Waals surface area contributed by atoms with Crippen molar-refractivity contribution in [3.05, 3.63) is 68.2 Å². The number of carbonyl (C=O) groups is 2. The van der Waals surface area contributed by atoms with Crippen LogP contribution in [0.1, 0.15) is 37.4 Å². The summed E-state index contributed by atoms with van der Waals surface area (Å²) in [7, 11) is 5.60. The predicted molar refractivity (Wildman–Crippen MR) is 127 cm³/mol. The SMILES string of the molecule is CNC(=O)c1cc(C)c(C[C@@H](CNC(=O)c2ccc(Cl)c(Cl)c2)N(C)C)c(C)c1.Cl. The zero-order valence-electron chi connectivity index (χ0n) is 17.8. The van der Waals surface area contributed by atoms with E-state index in [1.54, 1.807) is 25.2 Å². The van der Waals surface area contributed by atoms with Gasteiger partial charge in [0, 0.05) is 30.8 Å². The third-order valence-corrected chi connectivity index (χ3v) is 5.77. The number of aryl methyl sites for hydroxylation is 2. The average Bonchev–Trinajstić information content (AvgIpc) is 2.67. The van der Waals surface area contributed by atoms with Crippen molar-refractivity contribution >= 4 is 47.4 Å². The second kappa shape index (κ2) is 11.6. The molecule has 0 aliphatic rings. The quantitative estimate of drug-likeness (QED) is 0.632. The second-order valence-electron chi connectivity index (χ2n) is 7.33. The van der Waals surface area contributed by atoms with Crippen LogP contribution in [-0.2, 0) is 6.42 Å². The summed E-state index contributed by atoms with van der Waals surface area (Å²) in [6, 6.07) is 8.73. The fraction of sp³-hybridized carbons (Fsp3) is 0.364. The summed E-state index contributed by atoms with van der Waals surface area (Å²) in [4.78, 5) is 26.5. The molecule has 0 heterocycles. The van der Waals surface area contributed by atoms with Crippen LogP contribution in [-0.4, -0.2) is 50.4 Å². The molecule has 2 aromatic rings. The Morgan fingerprint density at radius 3 is 2.07 bits per heavy atom. The molecular weight excluding hydrogens is 445 g/mol. The van der Waals surface area contributed by atoms with Gasteiger partial charge in [0.05, 0.1) is 10.0 Å². The molecule has 2 rings (SSSR count). The van der Waals surface area contributed by atoms with E-state index in [-0.39, 0.29) is 30.3 Å². The Labute approximate surface area is 194 Å². The van der Waals surface area contributed by atoms with Crippen molar-refractivity contribution in [2.45, 2.75) is 26.3 Å². The van der Waals surface area contributed by atoms with Crippen LogP contribution in [0.5, 0.6) is 0 Å². The molecule has 0 saturated heterocycles. The molecule has 8 heteroatoms. The Hall–Kier alpha value is -1.79. The minimum absolute atomic E-state index is 0. The highest BCUT2D eigenvalue weighted by molar-refractivity contribution is 6.42. The van der Waals surface area contributed by atoms with Gasteiger partial charge in [-0.1, -0.05) is 23.2 Å². The highest BCUT2D eigenvalue weighted by atomic mass is 35.5. The van der Waals surface area contributed by atoms with E-state index in [1.165, 1.54) is 5.56 Å². The molecule has 164 valence electrons. The van der Waals surface area contributed by atoms with Crippen molar-refractivity contribution < 1.29 is 9.59 Å². The van der Waals surface area contributed by atoms with Gasteiger partial charge in [0.15, 0.2) is 0 Å². The molecule has 5 nitrogen and oxygen atoms in total. The summed E-state index contributed by atoms with van der Waals surface area (Å²) in [5, 5.41) is 6.41. The Bertz CT molecular complexity index is 893. The van der Waals surface area contributed by atoms with Crippen LogP contribution in [0, 0.1) is 13.8 Å². The molecule has 0 bridgehead atoms.